The highest BCUT2D eigenvalue weighted by molar-refractivity contribution is 7.84. The van der Waals surface area contributed by atoms with E-state index in [-0.39, 0.29) is 0 Å². The monoisotopic (exact) mass is 260 g/mol. The first-order chi connectivity index (χ1) is 7.97. The molecule has 0 amide bonds. The lowest BCUT2D eigenvalue weighted by Crippen LogP contribution is -2.53. The Morgan fingerprint density at radius 1 is 1.47 bits per heavy atom. The molecule has 0 bridgehead atoms. The molecule has 4 heteroatoms. The molecule has 1 aliphatic rings. The first-order valence-corrected chi connectivity index (χ1v) is 8.33. The van der Waals surface area contributed by atoms with E-state index in [0.717, 1.165) is 13.0 Å². The van der Waals surface area contributed by atoms with Crippen molar-refractivity contribution < 1.29 is 4.21 Å². The minimum atomic E-state index is -0.682. The highest BCUT2D eigenvalue weighted by atomic mass is 32.2. The second kappa shape index (κ2) is 6.86. The van der Waals surface area contributed by atoms with Gasteiger partial charge in [-0.25, -0.2) is 0 Å². The van der Waals surface area contributed by atoms with E-state index in [4.69, 9.17) is 0 Å². The van der Waals surface area contributed by atoms with Gasteiger partial charge in [-0.1, -0.05) is 13.8 Å². The standard InChI is InChI=1S/C13H28N2OS/c1-10(17(5)16)6-8-15-9-7-13(14-4)11(2)12(15)3/h10-14H,6-9H2,1-5H3. The summed E-state index contributed by atoms with van der Waals surface area (Å²) in [5.41, 5.74) is 0. The smallest absolute Gasteiger partial charge is 0.0329 e. The maximum Gasteiger partial charge on any atom is 0.0329 e. The maximum atomic E-state index is 11.3. The normalized spacial score (nSPS) is 34.5. The van der Waals surface area contributed by atoms with Gasteiger partial charge in [0.05, 0.1) is 0 Å². The van der Waals surface area contributed by atoms with Crippen LogP contribution in [0.3, 0.4) is 0 Å². The van der Waals surface area contributed by atoms with Gasteiger partial charge in [-0.05, 0) is 45.8 Å². The van der Waals surface area contributed by atoms with Crippen molar-refractivity contribution >= 4 is 10.8 Å². The summed E-state index contributed by atoms with van der Waals surface area (Å²) in [6.07, 6.45) is 4.08. The van der Waals surface area contributed by atoms with Crippen molar-refractivity contribution in [3.63, 3.8) is 0 Å². The molecule has 17 heavy (non-hydrogen) atoms. The summed E-state index contributed by atoms with van der Waals surface area (Å²) >= 11 is 0. The van der Waals surface area contributed by atoms with Crippen LogP contribution in [0.1, 0.15) is 33.6 Å². The van der Waals surface area contributed by atoms with E-state index in [1.54, 1.807) is 0 Å². The Labute approximate surface area is 109 Å². The van der Waals surface area contributed by atoms with Crippen molar-refractivity contribution in [2.24, 2.45) is 5.92 Å². The average molecular weight is 260 g/mol. The van der Waals surface area contributed by atoms with Gasteiger partial charge in [-0.2, -0.15) is 0 Å². The quantitative estimate of drug-likeness (QED) is 0.812. The van der Waals surface area contributed by atoms with E-state index < -0.39 is 10.8 Å². The van der Waals surface area contributed by atoms with Crippen LogP contribution in [0.15, 0.2) is 0 Å². The van der Waals surface area contributed by atoms with Crippen molar-refractivity contribution in [1.29, 1.82) is 0 Å². The number of likely N-dealkylation sites (tertiary alicyclic amines) is 1. The third kappa shape index (κ3) is 4.04. The average Bonchev–Trinajstić information content (AvgIpc) is 2.30. The SMILES string of the molecule is CNC1CCN(CCC(C)S(C)=O)C(C)C1C. The number of hydrogen-bond donors (Lipinski definition) is 1. The van der Waals surface area contributed by atoms with Crippen molar-refractivity contribution in [2.75, 3.05) is 26.4 Å². The van der Waals surface area contributed by atoms with Crippen LogP contribution in [0.4, 0.5) is 0 Å². The molecule has 0 spiro atoms. The second-order valence-electron chi connectivity index (χ2n) is 5.42. The van der Waals surface area contributed by atoms with Gasteiger partial charge >= 0.3 is 0 Å². The van der Waals surface area contributed by atoms with Crippen LogP contribution in [0.5, 0.6) is 0 Å². The van der Waals surface area contributed by atoms with Crippen molar-refractivity contribution in [3.05, 3.63) is 0 Å². The Morgan fingerprint density at radius 3 is 2.65 bits per heavy atom. The molecule has 5 atom stereocenters. The molecule has 1 aliphatic heterocycles. The van der Waals surface area contributed by atoms with E-state index in [1.807, 2.05) is 6.26 Å². The van der Waals surface area contributed by atoms with Crippen LogP contribution >= 0.6 is 0 Å². The molecule has 0 saturated carbocycles. The molecule has 1 saturated heterocycles. The molecule has 0 radical (unpaired) electrons. The Balaban J connectivity index is 2.43. The molecule has 0 aliphatic carbocycles. The van der Waals surface area contributed by atoms with Crippen LogP contribution in [0.25, 0.3) is 0 Å². The van der Waals surface area contributed by atoms with Crippen LogP contribution in [-0.2, 0) is 10.8 Å². The minimum Gasteiger partial charge on any atom is -0.317 e. The van der Waals surface area contributed by atoms with Crippen molar-refractivity contribution in [3.8, 4) is 0 Å². The first kappa shape index (κ1) is 15.1. The molecule has 1 heterocycles. The van der Waals surface area contributed by atoms with Crippen LogP contribution < -0.4 is 5.32 Å². The largest absolute Gasteiger partial charge is 0.317 e. The fraction of sp³-hybridized carbons (Fsp3) is 1.00. The van der Waals surface area contributed by atoms with E-state index in [1.165, 1.54) is 13.0 Å². The van der Waals surface area contributed by atoms with E-state index in [0.29, 0.717) is 23.3 Å². The summed E-state index contributed by atoms with van der Waals surface area (Å²) < 4.78 is 11.3. The molecule has 3 nitrogen and oxygen atoms in total. The molecule has 0 aromatic carbocycles. The fourth-order valence-corrected chi connectivity index (χ4v) is 3.11. The van der Waals surface area contributed by atoms with Crippen LogP contribution in [0.2, 0.25) is 0 Å². The topological polar surface area (TPSA) is 32.3 Å². The van der Waals surface area contributed by atoms with Gasteiger partial charge in [-0.15, -0.1) is 0 Å². The van der Waals surface area contributed by atoms with Crippen molar-refractivity contribution in [2.45, 2.75) is 50.9 Å². The number of piperidine rings is 1. The second-order valence-corrected chi connectivity index (χ2v) is 7.22. The predicted molar refractivity (Wildman–Crippen MR) is 75.8 cm³/mol. The number of rotatable bonds is 5. The number of hydrogen-bond acceptors (Lipinski definition) is 3. The molecule has 102 valence electrons. The Hall–Kier alpha value is 0.0700. The molecule has 0 aromatic heterocycles. The summed E-state index contributed by atoms with van der Waals surface area (Å²) in [5.74, 6) is 0.691. The van der Waals surface area contributed by atoms with Gasteiger partial charge < -0.3 is 10.2 Å². The summed E-state index contributed by atoms with van der Waals surface area (Å²) in [6, 6.07) is 1.28. The molecule has 1 N–H and O–H groups in total. The molecular formula is C13H28N2OS. The summed E-state index contributed by atoms with van der Waals surface area (Å²) in [6.45, 7) is 8.99. The molecule has 1 rings (SSSR count). The highest BCUT2D eigenvalue weighted by Crippen LogP contribution is 2.23. The Morgan fingerprint density at radius 2 is 2.12 bits per heavy atom. The lowest BCUT2D eigenvalue weighted by Gasteiger charge is -2.43. The molecule has 5 unspecified atom stereocenters. The van der Waals surface area contributed by atoms with Gasteiger partial charge in [0, 0.05) is 34.4 Å². The van der Waals surface area contributed by atoms with Gasteiger partial charge in [0.15, 0.2) is 0 Å². The Bertz CT molecular complexity index is 260. The lowest BCUT2D eigenvalue weighted by molar-refractivity contribution is 0.0868. The fourth-order valence-electron chi connectivity index (χ4n) is 2.68. The first-order valence-electron chi connectivity index (χ1n) is 6.71. The van der Waals surface area contributed by atoms with Crippen molar-refractivity contribution in [1.82, 2.24) is 10.2 Å². The third-order valence-electron chi connectivity index (χ3n) is 4.46. The summed E-state index contributed by atoms with van der Waals surface area (Å²) in [7, 11) is 1.38. The molecule has 0 aromatic rings. The van der Waals surface area contributed by atoms with Gasteiger partial charge in [-0.3, -0.25) is 4.21 Å². The zero-order valence-electron chi connectivity index (χ0n) is 11.9. The van der Waals surface area contributed by atoms with E-state index in [2.05, 4.69) is 38.0 Å². The predicted octanol–water partition coefficient (Wildman–Crippen LogP) is 1.46. The minimum absolute atomic E-state index is 0.319. The van der Waals surface area contributed by atoms with E-state index >= 15 is 0 Å². The van der Waals surface area contributed by atoms with E-state index in [9.17, 15) is 4.21 Å². The highest BCUT2D eigenvalue weighted by Gasteiger charge is 2.31. The summed E-state index contributed by atoms with van der Waals surface area (Å²) in [4.78, 5) is 2.56. The van der Waals surface area contributed by atoms with Gasteiger partial charge in [0.2, 0.25) is 0 Å². The number of nitrogens with zero attached hydrogens (tertiary/aromatic N) is 1. The molecule has 1 fully saturated rings. The lowest BCUT2D eigenvalue weighted by atomic mass is 9.87. The molecular weight excluding hydrogens is 232 g/mol. The zero-order chi connectivity index (χ0) is 13.0. The summed E-state index contributed by atoms with van der Waals surface area (Å²) in [5, 5.41) is 3.73. The zero-order valence-corrected chi connectivity index (χ0v) is 12.7. The maximum absolute atomic E-state index is 11.3. The third-order valence-corrected chi connectivity index (χ3v) is 5.83. The Kier molecular flexibility index (Phi) is 6.10. The van der Waals surface area contributed by atoms with Gasteiger partial charge in [0.25, 0.3) is 0 Å². The van der Waals surface area contributed by atoms with Gasteiger partial charge in [0.1, 0.15) is 0 Å². The van der Waals surface area contributed by atoms with Crippen LogP contribution in [0, 0.1) is 5.92 Å². The number of nitrogens with one attached hydrogen (secondary N) is 1. The van der Waals surface area contributed by atoms with Crippen LogP contribution in [-0.4, -0.2) is 52.8 Å².